The third-order valence-electron chi connectivity index (χ3n) is 3.22. The van der Waals surface area contributed by atoms with Crippen LogP contribution in [0.2, 0.25) is 0 Å². The maximum Gasteiger partial charge on any atom is 0.257 e. The molecule has 3 heterocycles. The van der Waals surface area contributed by atoms with E-state index in [0.29, 0.717) is 18.7 Å². The number of hydrogen-bond acceptors (Lipinski definition) is 4. The van der Waals surface area contributed by atoms with Crippen molar-refractivity contribution in [1.82, 2.24) is 10.2 Å². The van der Waals surface area contributed by atoms with E-state index >= 15 is 0 Å². The highest BCUT2D eigenvalue weighted by Crippen LogP contribution is 2.20. The summed E-state index contributed by atoms with van der Waals surface area (Å²) < 4.78 is 10.6. The molecule has 1 aromatic rings. The number of ether oxygens (including phenoxy) is 1. The zero-order valence-electron chi connectivity index (χ0n) is 8.89. The van der Waals surface area contributed by atoms with Gasteiger partial charge in [-0.05, 0) is 6.07 Å². The highest BCUT2D eigenvalue weighted by Gasteiger charge is 2.38. The van der Waals surface area contributed by atoms with Gasteiger partial charge in [0.2, 0.25) is 0 Å². The van der Waals surface area contributed by atoms with Crippen molar-refractivity contribution in [2.45, 2.75) is 12.1 Å². The lowest BCUT2D eigenvalue weighted by Crippen LogP contribution is -2.53. The fourth-order valence-corrected chi connectivity index (χ4v) is 2.39. The van der Waals surface area contributed by atoms with Crippen LogP contribution in [0.15, 0.2) is 23.0 Å². The number of furan rings is 1. The maximum absolute atomic E-state index is 12.2. The standard InChI is InChI=1S/C11H14N2O3/c14-11(8-1-3-15-7-8)13-2-4-16-10-6-12-5-9(10)13/h1,3,7,9-10,12H,2,4-6H2/t9-,10+/m0/s1. The van der Waals surface area contributed by atoms with Gasteiger partial charge in [0, 0.05) is 19.6 Å². The summed E-state index contributed by atoms with van der Waals surface area (Å²) in [6, 6.07) is 1.87. The van der Waals surface area contributed by atoms with Crippen LogP contribution in [0.3, 0.4) is 0 Å². The normalized spacial score (nSPS) is 29.1. The van der Waals surface area contributed by atoms with Crippen LogP contribution in [0.5, 0.6) is 0 Å². The van der Waals surface area contributed by atoms with Gasteiger partial charge in [-0.1, -0.05) is 0 Å². The molecule has 0 radical (unpaired) electrons. The third kappa shape index (κ3) is 1.52. The second kappa shape index (κ2) is 3.92. The Morgan fingerprint density at radius 2 is 2.44 bits per heavy atom. The van der Waals surface area contributed by atoms with Crippen LogP contribution in [0.25, 0.3) is 0 Å². The predicted octanol–water partition coefficient (Wildman–Crippen LogP) is 0.0924. The van der Waals surface area contributed by atoms with E-state index in [1.807, 2.05) is 4.90 Å². The molecular weight excluding hydrogens is 208 g/mol. The van der Waals surface area contributed by atoms with Gasteiger partial charge in [-0.25, -0.2) is 0 Å². The monoisotopic (exact) mass is 222 g/mol. The first-order chi connectivity index (χ1) is 7.86. The fourth-order valence-electron chi connectivity index (χ4n) is 2.39. The molecule has 1 N–H and O–H groups in total. The minimum Gasteiger partial charge on any atom is -0.472 e. The van der Waals surface area contributed by atoms with Gasteiger partial charge >= 0.3 is 0 Å². The molecule has 2 aliphatic rings. The Balaban J connectivity index is 1.80. The van der Waals surface area contributed by atoms with Gasteiger partial charge < -0.3 is 19.4 Å². The molecule has 1 aromatic heterocycles. The third-order valence-corrected chi connectivity index (χ3v) is 3.22. The van der Waals surface area contributed by atoms with E-state index in [1.54, 1.807) is 6.07 Å². The SMILES string of the molecule is O=C(c1ccoc1)N1CCO[C@@H]2CNC[C@@H]21. The van der Waals surface area contributed by atoms with Gasteiger partial charge in [0.1, 0.15) is 6.26 Å². The molecular formula is C11H14N2O3. The molecule has 2 fully saturated rings. The van der Waals surface area contributed by atoms with Gasteiger partial charge in [0.15, 0.2) is 0 Å². The largest absolute Gasteiger partial charge is 0.472 e. The van der Waals surface area contributed by atoms with E-state index in [2.05, 4.69) is 5.32 Å². The number of carbonyl (C=O) groups excluding carboxylic acids is 1. The number of morpholine rings is 1. The first-order valence-electron chi connectivity index (χ1n) is 5.52. The van der Waals surface area contributed by atoms with Crippen molar-refractivity contribution in [1.29, 1.82) is 0 Å². The first-order valence-corrected chi connectivity index (χ1v) is 5.52. The summed E-state index contributed by atoms with van der Waals surface area (Å²) >= 11 is 0. The molecule has 16 heavy (non-hydrogen) atoms. The summed E-state index contributed by atoms with van der Waals surface area (Å²) in [5.74, 6) is 0.0377. The molecule has 0 saturated carbocycles. The van der Waals surface area contributed by atoms with E-state index < -0.39 is 0 Å². The Morgan fingerprint density at radius 3 is 3.25 bits per heavy atom. The van der Waals surface area contributed by atoms with E-state index in [0.717, 1.165) is 13.1 Å². The molecule has 2 aliphatic heterocycles. The molecule has 0 spiro atoms. The van der Waals surface area contributed by atoms with Gasteiger partial charge in [-0.2, -0.15) is 0 Å². The van der Waals surface area contributed by atoms with Gasteiger partial charge in [0.05, 0.1) is 30.6 Å². The molecule has 0 aliphatic carbocycles. The average Bonchev–Trinajstić information content (AvgIpc) is 2.98. The van der Waals surface area contributed by atoms with Crippen LogP contribution in [0, 0.1) is 0 Å². The van der Waals surface area contributed by atoms with Crippen molar-refractivity contribution < 1.29 is 13.9 Å². The van der Waals surface area contributed by atoms with Crippen LogP contribution in [-0.2, 0) is 4.74 Å². The number of nitrogens with one attached hydrogen (secondary N) is 1. The van der Waals surface area contributed by atoms with E-state index in [9.17, 15) is 4.79 Å². The molecule has 86 valence electrons. The minimum atomic E-state index is 0.0377. The molecule has 5 nitrogen and oxygen atoms in total. The minimum absolute atomic E-state index is 0.0377. The fraction of sp³-hybridized carbons (Fsp3) is 0.545. The second-order valence-electron chi connectivity index (χ2n) is 4.15. The molecule has 1 amide bonds. The Bertz CT molecular complexity index is 377. The zero-order chi connectivity index (χ0) is 11.0. The van der Waals surface area contributed by atoms with E-state index in [-0.39, 0.29) is 18.1 Å². The van der Waals surface area contributed by atoms with Crippen molar-refractivity contribution in [3.8, 4) is 0 Å². The molecule has 0 unspecified atom stereocenters. The summed E-state index contributed by atoms with van der Waals surface area (Å²) in [7, 11) is 0. The van der Waals surface area contributed by atoms with Crippen LogP contribution >= 0.6 is 0 Å². The van der Waals surface area contributed by atoms with Gasteiger partial charge in [-0.3, -0.25) is 4.79 Å². The Hall–Kier alpha value is -1.33. The van der Waals surface area contributed by atoms with E-state index in [1.165, 1.54) is 12.5 Å². The van der Waals surface area contributed by atoms with E-state index in [4.69, 9.17) is 9.15 Å². The van der Waals surface area contributed by atoms with Gasteiger partial charge in [0.25, 0.3) is 5.91 Å². The molecule has 0 bridgehead atoms. The lowest BCUT2D eigenvalue weighted by molar-refractivity contribution is -0.0365. The number of carbonyl (C=O) groups is 1. The number of hydrogen-bond donors (Lipinski definition) is 1. The summed E-state index contributed by atoms with van der Waals surface area (Å²) in [6.07, 6.45) is 3.16. The molecule has 2 saturated heterocycles. The molecule has 5 heteroatoms. The lowest BCUT2D eigenvalue weighted by atomic mass is 10.1. The van der Waals surface area contributed by atoms with Crippen LogP contribution < -0.4 is 5.32 Å². The van der Waals surface area contributed by atoms with Crippen LogP contribution in [-0.4, -0.2) is 49.2 Å². The van der Waals surface area contributed by atoms with Crippen molar-refractivity contribution >= 4 is 5.91 Å². The van der Waals surface area contributed by atoms with Crippen molar-refractivity contribution in [2.75, 3.05) is 26.2 Å². The molecule has 3 rings (SSSR count). The Kier molecular flexibility index (Phi) is 2.41. The zero-order valence-corrected chi connectivity index (χ0v) is 8.89. The quantitative estimate of drug-likeness (QED) is 0.731. The van der Waals surface area contributed by atoms with Crippen LogP contribution in [0.4, 0.5) is 0 Å². The summed E-state index contributed by atoms with van der Waals surface area (Å²) in [5, 5.41) is 3.25. The summed E-state index contributed by atoms with van der Waals surface area (Å²) in [5.41, 5.74) is 0.618. The predicted molar refractivity (Wildman–Crippen MR) is 56.1 cm³/mol. The number of fused-ring (bicyclic) bond motifs is 1. The molecule has 2 atom stereocenters. The van der Waals surface area contributed by atoms with Crippen molar-refractivity contribution in [2.24, 2.45) is 0 Å². The van der Waals surface area contributed by atoms with Crippen LogP contribution in [0.1, 0.15) is 10.4 Å². The highest BCUT2D eigenvalue weighted by atomic mass is 16.5. The van der Waals surface area contributed by atoms with Crippen molar-refractivity contribution in [3.63, 3.8) is 0 Å². The van der Waals surface area contributed by atoms with Gasteiger partial charge in [-0.15, -0.1) is 0 Å². The summed E-state index contributed by atoms with van der Waals surface area (Å²) in [4.78, 5) is 14.1. The topological polar surface area (TPSA) is 54.7 Å². The number of nitrogens with zero attached hydrogens (tertiary/aromatic N) is 1. The summed E-state index contributed by atoms with van der Waals surface area (Å²) in [6.45, 7) is 2.92. The smallest absolute Gasteiger partial charge is 0.257 e. The Labute approximate surface area is 93.4 Å². The average molecular weight is 222 g/mol. The first kappa shape index (κ1) is 9.86. The number of amides is 1. The molecule has 0 aromatic carbocycles. The second-order valence-corrected chi connectivity index (χ2v) is 4.15. The Morgan fingerprint density at radius 1 is 1.50 bits per heavy atom. The number of rotatable bonds is 1. The lowest BCUT2D eigenvalue weighted by Gasteiger charge is -2.36. The van der Waals surface area contributed by atoms with Crippen molar-refractivity contribution in [3.05, 3.63) is 24.2 Å². The highest BCUT2D eigenvalue weighted by molar-refractivity contribution is 5.94. The maximum atomic E-state index is 12.2.